The zero-order valence-corrected chi connectivity index (χ0v) is 4.93. The summed E-state index contributed by atoms with van der Waals surface area (Å²) in [7, 11) is 1.60. The fourth-order valence-corrected chi connectivity index (χ4v) is 0.258. The third-order valence-corrected chi connectivity index (χ3v) is 0.689. The Morgan fingerprint density at radius 3 is 2.00 bits per heavy atom. The standard InChI is InChI=1S/C4H11N2O/c1-4(2)6(7)5-3/h4-5H,1-3H3/q-1. The number of hydrazine groups is 1. The molecule has 1 N–H and O–H groups in total. The van der Waals surface area contributed by atoms with Crippen molar-refractivity contribution in [2.24, 2.45) is 0 Å². The van der Waals surface area contributed by atoms with E-state index in [9.17, 15) is 5.21 Å². The number of hydrogen-bond donors (Lipinski definition) is 1. The van der Waals surface area contributed by atoms with Gasteiger partial charge in [0.05, 0.1) is 0 Å². The molecule has 3 heteroatoms. The fraction of sp³-hybridized carbons (Fsp3) is 1.00. The van der Waals surface area contributed by atoms with Gasteiger partial charge in [-0.15, -0.1) is 0 Å². The van der Waals surface area contributed by atoms with E-state index in [1.807, 2.05) is 13.8 Å². The van der Waals surface area contributed by atoms with Gasteiger partial charge < -0.3 is 10.4 Å². The van der Waals surface area contributed by atoms with Gasteiger partial charge in [-0.25, -0.2) is 0 Å². The maximum atomic E-state index is 10.3. The van der Waals surface area contributed by atoms with Crippen molar-refractivity contribution in [2.75, 3.05) is 7.05 Å². The Morgan fingerprint density at radius 1 is 1.57 bits per heavy atom. The molecule has 0 aromatic rings. The summed E-state index contributed by atoms with van der Waals surface area (Å²) in [5.41, 5.74) is 2.44. The van der Waals surface area contributed by atoms with Gasteiger partial charge in [-0.3, -0.25) is 5.43 Å². The van der Waals surface area contributed by atoms with Crippen LogP contribution in [0.25, 0.3) is 0 Å². The lowest BCUT2D eigenvalue weighted by atomic mass is 10.4. The molecule has 0 spiro atoms. The van der Waals surface area contributed by atoms with Crippen LogP contribution in [-0.2, 0) is 0 Å². The van der Waals surface area contributed by atoms with E-state index in [0.29, 0.717) is 0 Å². The van der Waals surface area contributed by atoms with E-state index in [-0.39, 0.29) is 6.04 Å². The highest BCUT2D eigenvalue weighted by molar-refractivity contribution is 4.52. The first-order chi connectivity index (χ1) is 3.18. The third kappa shape index (κ3) is 2.56. The van der Waals surface area contributed by atoms with Crippen LogP contribution in [0.4, 0.5) is 0 Å². The van der Waals surface area contributed by atoms with Crippen LogP contribution < -0.4 is 5.43 Å². The molecule has 0 bridgehead atoms. The highest BCUT2D eigenvalue weighted by atomic mass is 16.5. The zero-order valence-electron chi connectivity index (χ0n) is 4.93. The second kappa shape index (κ2) is 2.96. The van der Waals surface area contributed by atoms with Crippen LogP contribution in [0.15, 0.2) is 0 Å². The van der Waals surface area contributed by atoms with Gasteiger partial charge in [-0.1, -0.05) is 0 Å². The molecule has 0 aliphatic carbocycles. The number of nitrogens with zero attached hydrogens (tertiary/aromatic N) is 1. The molecule has 0 aromatic carbocycles. The average Bonchev–Trinajstić information content (AvgIpc) is 1.65. The van der Waals surface area contributed by atoms with Gasteiger partial charge >= 0.3 is 0 Å². The average molecular weight is 103 g/mol. The molecule has 0 aliphatic rings. The van der Waals surface area contributed by atoms with Gasteiger partial charge in [0.15, 0.2) is 0 Å². The Bertz CT molecular complexity index is 47.0. The van der Waals surface area contributed by atoms with E-state index in [4.69, 9.17) is 0 Å². The van der Waals surface area contributed by atoms with Gasteiger partial charge in [0.1, 0.15) is 0 Å². The van der Waals surface area contributed by atoms with Crippen LogP contribution in [0.5, 0.6) is 0 Å². The fourth-order valence-electron chi connectivity index (χ4n) is 0.258. The lowest BCUT2D eigenvalue weighted by molar-refractivity contribution is 0.244. The van der Waals surface area contributed by atoms with E-state index in [2.05, 4.69) is 5.43 Å². The van der Waals surface area contributed by atoms with Crippen molar-refractivity contribution < 1.29 is 0 Å². The quantitative estimate of drug-likeness (QED) is 0.512. The molecule has 0 fully saturated rings. The number of hydrogen-bond acceptors (Lipinski definition) is 3. The molecule has 0 saturated heterocycles. The molecule has 0 atom stereocenters. The maximum Gasteiger partial charge on any atom is 0.00510 e. The topological polar surface area (TPSA) is 38.3 Å². The van der Waals surface area contributed by atoms with Crippen molar-refractivity contribution in [3.05, 3.63) is 5.21 Å². The van der Waals surface area contributed by atoms with E-state index in [1.165, 1.54) is 0 Å². The molecule has 0 amide bonds. The molecule has 0 unspecified atom stereocenters. The summed E-state index contributed by atoms with van der Waals surface area (Å²) in [6.45, 7) is 3.65. The molecule has 0 aliphatic heterocycles. The van der Waals surface area contributed by atoms with Crippen molar-refractivity contribution >= 4 is 0 Å². The lowest BCUT2D eigenvalue weighted by Gasteiger charge is -2.30. The summed E-state index contributed by atoms with van der Waals surface area (Å²) in [5.74, 6) is 0. The van der Waals surface area contributed by atoms with Crippen molar-refractivity contribution in [1.82, 2.24) is 10.6 Å². The Labute approximate surface area is 43.9 Å². The highest BCUT2D eigenvalue weighted by Gasteiger charge is 1.88. The molecule has 0 heterocycles. The SMILES string of the molecule is CNN([O-])C(C)C. The minimum absolute atomic E-state index is 0.0324. The predicted molar refractivity (Wildman–Crippen MR) is 29.4 cm³/mol. The summed E-state index contributed by atoms with van der Waals surface area (Å²) in [6, 6.07) is 0.0324. The normalized spacial score (nSPS) is 11.1. The van der Waals surface area contributed by atoms with Gasteiger partial charge in [0.25, 0.3) is 0 Å². The minimum atomic E-state index is 0.0324. The largest absolute Gasteiger partial charge is 0.771 e. The molecule has 44 valence electrons. The number of nitrogens with one attached hydrogen (secondary N) is 1. The van der Waals surface area contributed by atoms with E-state index >= 15 is 0 Å². The van der Waals surface area contributed by atoms with Crippen LogP contribution in [0.2, 0.25) is 0 Å². The molecule has 0 saturated carbocycles. The molecule has 3 nitrogen and oxygen atoms in total. The zero-order chi connectivity index (χ0) is 5.86. The van der Waals surface area contributed by atoms with Gasteiger partial charge in [0.2, 0.25) is 0 Å². The monoisotopic (exact) mass is 103 g/mol. The Kier molecular flexibility index (Phi) is 2.91. The Hall–Kier alpha value is -0.120. The Balaban J connectivity index is 3.14. The second-order valence-corrected chi connectivity index (χ2v) is 1.64. The third-order valence-electron chi connectivity index (χ3n) is 0.689. The Morgan fingerprint density at radius 2 is 2.00 bits per heavy atom. The summed E-state index contributed by atoms with van der Waals surface area (Å²) in [5, 5.41) is 11.1. The molecule has 0 radical (unpaired) electrons. The summed E-state index contributed by atoms with van der Waals surface area (Å²) >= 11 is 0. The van der Waals surface area contributed by atoms with Crippen LogP contribution in [0.1, 0.15) is 13.8 Å². The van der Waals surface area contributed by atoms with Gasteiger partial charge in [-0.05, 0) is 20.9 Å². The molecule has 0 aromatic heterocycles. The van der Waals surface area contributed by atoms with Gasteiger partial charge in [0, 0.05) is 6.04 Å². The summed E-state index contributed by atoms with van der Waals surface area (Å²) in [4.78, 5) is 0. The van der Waals surface area contributed by atoms with Crippen molar-refractivity contribution in [2.45, 2.75) is 19.9 Å². The minimum Gasteiger partial charge on any atom is -0.771 e. The maximum absolute atomic E-state index is 10.3. The predicted octanol–water partition coefficient (Wildman–Crippen LogP) is 0.329. The van der Waals surface area contributed by atoms with Crippen molar-refractivity contribution in [3.8, 4) is 0 Å². The van der Waals surface area contributed by atoms with E-state index in [0.717, 1.165) is 5.17 Å². The first-order valence-corrected chi connectivity index (χ1v) is 2.32. The smallest absolute Gasteiger partial charge is 0.00510 e. The highest BCUT2D eigenvalue weighted by Crippen LogP contribution is 1.85. The first-order valence-electron chi connectivity index (χ1n) is 2.32. The number of rotatable bonds is 2. The van der Waals surface area contributed by atoms with Gasteiger partial charge in [-0.2, -0.15) is 0 Å². The molecule has 7 heavy (non-hydrogen) atoms. The van der Waals surface area contributed by atoms with Crippen LogP contribution in [-0.4, -0.2) is 18.3 Å². The summed E-state index contributed by atoms with van der Waals surface area (Å²) in [6.07, 6.45) is 0. The molecular weight excluding hydrogens is 92.1 g/mol. The van der Waals surface area contributed by atoms with E-state index < -0.39 is 0 Å². The molecule has 0 rings (SSSR count). The number of hydroxylamine groups is 1. The first kappa shape index (κ1) is 6.88. The van der Waals surface area contributed by atoms with Crippen molar-refractivity contribution in [3.63, 3.8) is 0 Å². The van der Waals surface area contributed by atoms with Crippen LogP contribution in [0.3, 0.4) is 0 Å². The van der Waals surface area contributed by atoms with Crippen LogP contribution >= 0.6 is 0 Å². The summed E-state index contributed by atoms with van der Waals surface area (Å²) < 4.78 is 0. The van der Waals surface area contributed by atoms with E-state index in [1.54, 1.807) is 7.05 Å². The van der Waals surface area contributed by atoms with Crippen LogP contribution in [0, 0.1) is 5.21 Å². The van der Waals surface area contributed by atoms with Crippen molar-refractivity contribution in [1.29, 1.82) is 0 Å². The second-order valence-electron chi connectivity index (χ2n) is 1.64. The molecular formula is C4H11N2O-. The lowest BCUT2D eigenvalue weighted by Crippen LogP contribution is -2.34.